The first-order chi connectivity index (χ1) is 22.7. The van der Waals surface area contributed by atoms with E-state index in [-0.39, 0.29) is 41.7 Å². The summed E-state index contributed by atoms with van der Waals surface area (Å²) in [4.78, 5) is 85.7. The molecule has 2 saturated carbocycles. The number of Topliss-reactive ketones (excluding diaryl/α,β-unsaturated/α-hetero) is 1. The fourth-order valence-electron chi connectivity index (χ4n) is 7.40. The number of likely N-dealkylation sites (tertiary alicyclic amines) is 1. The lowest BCUT2D eigenvalue weighted by atomic mass is 9.84. The highest BCUT2D eigenvalue weighted by molar-refractivity contribution is 6.38. The molecule has 6 atom stereocenters. The van der Waals surface area contributed by atoms with E-state index in [2.05, 4.69) is 41.7 Å². The van der Waals surface area contributed by atoms with Crippen LogP contribution in [-0.2, 0) is 19.2 Å². The van der Waals surface area contributed by atoms with Gasteiger partial charge in [0, 0.05) is 39.8 Å². The van der Waals surface area contributed by atoms with Gasteiger partial charge in [-0.1, -0.05) is 74.3 Å². The number of amides is 7. The summed E-state index contributed by atoms with van der Waals surface area (Å²) in [5.41, 5.74) is -1.29. The van der Waals surface area contributed by atoms with Crippen LogP contribution in [0.5, 0.6) is 0 Å². The highest BCUT2D eigenvalue weighted by Gasteiger charge is 2.70. The van der Waals surface area contributed by atoms with Gasteiger partial charge in [-0.15, -0.1) is 6.58 Å². The molecule has 4 fully saturated rings. The lowest BCUT2D eigenvalue weighted by Gasteiger charge is -2.41. The summed E-state index contributed by atoms with van der Waals surface area (Å²) in [5, 5.41) is 11.4. The Labute approximate surface area is 291 Å². The molecule has 2 heterocycles. The molecule has 0 aromatic heterocycles. The molecule has 13 heteroatoms. The SMILES string of the molecule is C=CCNC(=O)C(=O)C(CC1CC1)NC(=O)[C@@H]1[C@@H]2[C@H](CN1C(=O)[C@@H](NC(=O)N[C@H](CN1CCCN(C)C1=O)C(C)(C)C)C(C)(C)C)C2(C)C. The monoisotopic (exact) mass is 685 g/mol. The maximum atomic E-state index is 14.4. The first-order valence-corrected chi connectivity index (χ1v) is 17.8. The molecule has 4 aliphatic rings. The molecule has 0 bridgehead atoms. The Morgan fingerprint density at radius 2 is 1.63 bits per heavy atom. The largest absolute Gasteiger partial charge is 0.346 e. The van der Waals surface area contributed by atoms with Gasteiger partial charge < -0.3 is 36.0 Å². The van der Waals surface area contributed by atoms with E-state index in [9.17, 15) is 28.8 Å². The van der Waals surface area contributed by atoms with E-state index < -0.39 is 58.6 Å². The molecule has 49 heavy (non-hydrogen) atoms. The van der Waals surface area contributed by atoms with Gasteiger partial charge in [0.15, 0.2) is 0 Å². The molecule has 7 amide bonds. The van der Waals surface area contributed by atoms with Crippen LogP contribution in [0.4, 0.5) is 9.59 Å². The number of nitrogens with one attached hydrogen (secondary N) is 4. The lowest BCUT2D eigenvalue weighted by Crippen LogP contribution is -2.63. The van der Waals surface area contributed by atoms with Crippen LogP contribution in [0, 0.1) is 34.0 Å². The van der Waals surface area contributed by atoms with Crippen LogP contribution in [0.15, 0.2) is 12.7 Å². The van der Waals surface area contributed by atoms with Crippen LogP contribution >= 0.6 is 0 Å². The Morgan fingerprint density at radius 1 is 0.980 bits per heavy atom. The first kappa shape index (κ1) is 38.2. The van der Waals surface area contributed by atoms with Gasteiger partial charge in [-0.2, -0.15) is 0 Å². The van der Waals surface area contributed by atoms with Crippen LogP contribution < -0.4 is 21.3 Å². The Morgan fingerprint density at radius 3 is 2.20 bits per heavy atom. The predicted molar refractivity (Wildman–Crippen MR) is 186 cm³/mol. The number of fused-ring (bicyclic) bond motifs is 1. The third-order valence-corrected chi connectivity index (χ3v) is 11.0. The van der Waals surface area contributed by atoms with Gasteiger partial charge in [-0.3, -0.25) is 19.2 Å². The van der Waals surface area contributed by atoms with Crippen molar-refractivity contribution in [3.63, 3.8) is 0 Å². The molecule has 0 aromatic carbocycles. The third-order valence-electron chi connectivity index (χ3n) is 11.0. The van der Waals surface area contributed by atoms with Gasteiger partial charge >= 0.3 is 12.1 Å². The highest BCUT2D eigenvalue weighted by atomic mass is 16.2. The predicted octanol–water partition coefficient (Wildman–Crippen LogP) is 2.51. The number of rotatable bonds is 13. The van der Waals surface area contributed by atoms with Crippen molar-refractivity contribution in [2.24, 2.45) is 34.0 Å². The summed E-state index contributed by atoms with van der Waals surface area (Å²) in [6.07, 6.45) is 4.55. The van der Waals surface area contributed by atoms with Crippen molar-refractivity contribution < 1.29 is 28.8 Å². The smallest absolute Gasteiger partial charge is 0.319 e. The average molecular weight is 686 g/mol. The molecule has 13 nitrogen and oxygen atoms in total. The Bertz CT molecular complexity index is 1330. The maximum Gasteiger partial charge on any atom is 0.319 e. The summed E-state index contributed by atoms with van der Waals surface area (Å²) in [6.45, 7) is 21.4. The third kappa shape index (κ3) is 8.75. The van der Waals surface area contributed by atoms with Crippen molar-refractivity contribution in [2.45, 2.75) is 105 Å². The first-order valence-electron chi connectivity index (χ1n) is 17.8. The molecule has 4 N–H and O–H groups in total. The minimum absolute atomic E-state index is 0.0799. The number of nitrogens with zero attached hydrogens (tertiary/aromatic N) is 3. The maximum absolute atomic E-state index is 14.4. The summed E-state index contributed by atoms with van der Waals surface area (Å²) in [6, 6.07) is -3.83. The number of carbonyl (C=O) groups is 6. The average Bonchev–Trinajstić information content (AvgIpc) is 3.85. The second-order valence-electron chi connectivity index (χ2n) is 17.3. The Balaban J connectivity index is 1.51. The minimum atomic E-state index is -0.995. The van der Waals surface area contributed by atoms with Crippen molar-refractivity contribution in [3.8, 4) is 0 Å². The van der Waals surface area contributed by atoms with E-state index in [1.807, 2.05) is 41.5 Å². The van der Waals surface area contributed by atoms with Gasteiger partial charge in [-0.25, -0.2) is 9.59 Å². The van der Waals surface area contributed by atoms with Gasteiger partial charge in [0.2, 0.25) is 17.6 Å². The van der Waals surface area contributed by atoms with E-state index in [0.29, 0.717) is 32.6 Å². The molecule has 2 aliphatic heterocycles. The number of hydrogen-bond acceptors (Lipinski definition) is 6. The molecular weight excluding hydrogens is 626 g/mol. The van der Waals surface area contributed by atoms with E-state index in [1.54, 1.807) is 21.7 Å². The van der Waals surface area contributed by atoms with Crippen molar-refractivity contribution in [2.75, 3.05) is 39.8 Å². The second kappa shape index (κ2) is 14.3. The molecule has 2 aliphatic carbocycles. The van der Waals surface area contributed by atoms with E-state index in [1.165, 1.54) is 6.08 Å². The normalized spacial score (nSPS) is 25.0. The summed E-state index contributed by atoms with van der Waals surface area (Å²) in [5.74, 6) is -2.09. The number of urea groups is 2. The Kier molecular flexibility index (Phi) is 11.1. The Hall–Kier alpha value is -3.64. The molecule has 0 spiro atoms. The molecule has 0 radical (unpaired) electrons. The quantitative estimate of drug-likeness (QED) is 0.172. The summed E-state index contributed by atoms with van der Waals surface area (Å²) >= 11 is 0. The zero-order valence-corrected chi connectivity index (χ0v) is 31.0. The van der Waals surface area contributed by atoms with Gasteiger partial charge in [0.1, 0.15) is 12.1 Å². The number of ketones is 1. The minimum Gasteiger partial charge on any atom is -0.346 e. The van der Waals surface area contributed by atoms with Crippen molar-refractivity contribution >= 4 is 35.6 Å². The second-order valence-corrected chi connectivity index (χ2v) is 17.3. The fraction of sp³-hybridized carbons (Fsp3) is 0.778. The van der Waals surface area contributed by atoms with E-state index in [4.69, 9.17) is 0 Å². The van der Waals surface area contributed by atoms with Gasteiger partial charge in [-0.05, 0) is 46.8 Å². The van der Waals surface area contributed by atoms with Crippen LogP contribution in [0.25, 0.3) is 0 Å². The topological polar surface area (TPSA) is 160 Å². The van der Waals surface area contributed by atoms with Gasteiger partial charge in [0.05, 0.1) is 12.1 Å². The van der Waals surface area contributed by atoms with Crippen LogP contribution in [0.1, 0.15) is 81.1 Å². The molecule has 0 aromatic rings. The zero-order chi connectivity index (χ0) is 36.6. The summed E-state index contributed by atoms with van der Waals surface area (Å²) in [7, 11) is 1.77. The van der Waals surface area contributed by atoms with E-state index in [0.717, 1.165) is 19.3 Å². The molecular formula is C36H59N7O6. The number of carbonyl (C=O) groups excluding carboxylic acids is 6. The van der Waals surface area contributed by atoms with Crippen LogP contribution in [0.3, 0.4) is 0 Å². The van der Waals surface area contributed by atoms with E-state index >= 15 is 0 Å². The fourth-order valence-corrected chi connectivity index (χ4v) is 7.40. The van der Waals surface area contributed by atoms with Gasteiger partial charge in [0.25, 0.3) is 5.91 Å². The standard InChI is InChI=1S/C36H59N7O6/c1-11-15-37-30(46)27(44)23(18-21-13-14-21)38-29(45)26-25-22(36(25,8)9)19-43(26)31(47)28(35(5,6)7)40-32(48)39-24(34(2,3)4)20-42-17-12-16-41(10)33(42)49/h11,21-26,28H,1,12-20H2,2-10H3,(H,37,46)(H,38,45)(H2,39,40,48)/t22-,23?,24+,25-,26-,28+/m0/s1. The highest BCUT2D eigenvalue weighted by Crippen LogP contribution is 2.65. The van der Waals surface area contributed by atoms with Crippen LogP contribution in [-0.4, -0.2) is 114 Å². The molecule has 4 rings (SSSR count). The van der Waals surface area contributed by atoms with Crippen molar-refractivity contribution in [1.29, 1.82) is 0 Å². The lowest BCUT2D eigenvalue weighted by molar-refractivity contribution is -0.145. The van der Waals surface area contributed by atoms with Crippen molar-refractivity contribution in [3.05, 3.63) is 12.7 Å². The van der Waals surface area contributed by atoms with Crippen molar-refractivity contribution in [1.82, 2.24) is 36.0 Å². The molecule has 1 unspecified atom stereocenters. The zero-order valence-electron chi connectivity index (χ0n) is 31.0. The molecule has 274 valence electrons. The van der Waals surface area contributed by atoms with Crippen LogP contribution in [0.2, 0.25) is 0 Å². The molecule has 2 saturated heterocycles. The number of hydrogen-bond donors (Lipinski definition) is 4. The number of piperidine rings is 1. The summed E-state index contributed by atoms with van der Waals surface area (Å²) < 4.78 is 0.